The number of hydrogen-bond donors (Lipinski definition) is 2. The number of nitrogens with one attached hydrogen (secondary N) is 2. The summed E-state index contributed by atoms with van der Waals surface area (Å²) in [5, 5.41) is 4.64. The molecule has 0 aliphatic rings. The largest absolute Gasteiger partial charge is 0.459 e. The molecule has 2 N–H and O–H groups in total. The van der Waals surface area contributed by atoms with Crippen molar-refractivity contribution in [2.24, 2.45) is 0 Å². The fourth-order valence-electron chi connectivity index (χ4n) is 1.37. The summed E-state index contributed by atoms with van der Waals surface area (Å²) in [6.07, 6.45) is 4.25. The van der Waals surface area contributed by atoms with E-state index in [1.807, 2.05) is 0 Å². The van der Waals surface area contributed by atoms with E-state index in [1.54, 1.807) is 12.1 Å². The Balaban J connectivity index is 1.67. The quantitative estimate of drug-likeness (QED) is 0.719. The molecule has 0 fully saturated rings. The molecule has 2 aromatic heterocycles. The molecule has 0 unspecified atom stereocenters. The van der Waals surface area contributed by atoms with E-state index in [2.05, 4.69) is 20.6 Å². The molecule has 22 heavy (non-hydrogen) atoms. The summed E-state index contributed by atoms with van der Waals surface area (Å²) in [5.74, 6) is -1.72. The lowest BCUT2D eigenvalue weighted by atomic mass is 10.4. The van der Waals surface area contributed by atoms with Crippen LogP contribution in [0.1, 0.15) is 10.6 Å². The molecule has 9 nitrogen and oxygen atoms in total. The third kappa shape index (κ3) is 4.71. The van der Waals surface area contributed by atoms with Crippen LogP contribution in [0.2, 0.25) is 0 Å². The van der Waals surface area contributed by atoms with Gasteiger partial charge in [-0.15, -0.1) is 0 Å². The summed E-state index contributed by atoms with van der Waals surface area (Å²) in [6, 6.07) is 4.59. The van der Waals surface area contributed by atoms with Crippen LogP contribution in [0.4, 0.5) is 5.95 Å². The molecule has 2 rings (SSSR count). The van der Waals surface area contributed by atoms with Gasteiger partial charge in [0.25, 0.3) is 11.8 Å². The van der Waals surface area contributed by atoms with Crippen molar-refractivity contribution in [2.45, 2.75) is 0 Å². The molecule has 0 spiro atoms. The number of carbonyl (C=O) groups excluding carboxylic acids is 3. The second kappa shape index (κ2) is 7.53. The zero-order valence-electron chi connectivity index (χ0n) is 11.3. The highest BCUT2D eigenvalue weighted by Crippen LogP contribution is 1.98. The average molecular weight is 304 g/mol. The van der Waals surface area contributed by atoms with Crippen molar-refractivity contribution in [1.82, 2.24) is 15.3 Å². The molecule has 0 aliphatic heterocycles. The van der Waals surface area contributed by atoms with E-state index in [-0.39, 0.29) is 18.3 Å². The standard InChI is InChI=1S/C13H12N4O5/c18-10(17-13-14-4-2-5-15-13)8-22-11(19)7-16-12(20)9-3-1-6-21-9/h1-6H,7-8H2,(H,16,20)(H,14,15,17,18). The number of nitrogens with zero attached hydrogens (tertiary/aromatic N) is 2. The minimum atomic E-state index is -0.760. The van der Waals surface area contributed by atoms with Gasteiger partial charge in [0.1, 0.15) is 6.54 Å². The predicted molar refractivity (Wildman–Crippen MR) is 72.7 cm³/mol. The second-order valence-electron chi connectivity index (χ2n) is 3.94. The van der Waals surface area contributed by atoms with E-state index in [4.69, 9.17) is 9.15 Å². The van der Waals surface area contributed by atoms with Gasteiger partial charge in [0, 0.05) is 12.4 Å². The van der Waals surface area contributed by atoms with Gasteiger partial charge in [-0.05, 0) is 18.2 Å². The van der Waals surface area contributed by atoms with Crippen molar-refractivity contribution in [2.75, 3.05) is 18.5 Å². The molecule has 9 heteroatoms. The molecule has 0 saturated carbocycles. The number of ether oxygens (including phenoxy) is 1. The fourth-order valence-corrected chi connectivity index (χ4v) is 1.37. The van der Waals surface area contributed by atoms with E-state index >= 15 is 0 Å². The zero-order chi connectivity index (χ0) is 15.8. The Bertz CT molecular complexity index is 642. The highest BCUT2D eigenvalue weighted by atomic mass is 16.5. The third-order valence-electron chi connectivity index (χ3n) is 2.32. The Morgan fingerprint density at radius 2 is 1.95 bits per heavy atom. The van der Waals surface area contributed by atoms with Crippen molar-refractivity contribution < 1.29 is 23.5 Å². The Hall–Kier alpha value is -3.23. The molecule has 2 amide bonds. The lowest BCUT2D eigenvalue weighted by molar-refractivity contribution is -0.146. The van der Waals surface area contributed by atoms with Crippen molar-refractivity contribution in [3.05, 3.63) is 42.6 Å². The second-order valence-corrected chi connectivity index (χ2v) is 3.94. The number of amides is 2. The van der Waals surface area contributed by atoms with Gasteiger partial charge < -0.3 is 14.5 Å². The summed E-state index contributed by atoms with van der Waals surface area (Å²) in [6.45, 7) is -0.887. The van der Waals surface area contributed by atoms with E-state index in [1.165, 1.54) is 24.7 Å². The lowest BCUT2D eigenvalue weighted by Crippen LogP contribution is -2.32. The Labute approximate surface area is 124 Å². The van der Waals surface area contributed by atoms with E-state index in [9.17, 15) is 14.4 Å². The maximum absolute atomic E-state index is 11.5. The highest BCUT2D eigenvalue weighted by molar-refractivity contribution is 5.94. The molecule has 0 atom stereocenters. The lowest BCUT2D eigenvalue weighted by Gasteiger charge is -2.05. The zero-order valence-corrected chi connectivity index (χ0v) is 11.3. The van der Waals surface area contributed by atoms with Gasteiger partial charge in [-0.3, -0.25) is 19.7 Å². The minimum absolute atomic E-state index is 0.0757. The van der Waals surface area contributed by atoms with Crippen LogP contribution < -0.4 is 10.6 Å². The molecule has 2 aromatic rings. The van der Waals surface area contributed by atoms with E-state index in [0.717, 1.165) is 0 Å². The first-order valence-electron chi connectivity index (χ1n) is 6.19. The van der Waals surface area contributed by atoms with Crippen LogP contribution in [0, 0.1) is 0 Å². The minimum Gasteiger partial charge on any atom is -0.459 e. The number of carbonyl (C=O) groups is 3. The monoisotopic (exact) mass is 304 g/mol. The van der Waals surface area contributed by atoms with E-state index in [0.29, 0.717) is 0 Å². The summed E-state index contributed by atoms with van der Waals surface area (Å²) < 4.78 is 9.54. The van der Waals surface area contributed by atoms with Crippen LogP contribution in [0.15, 0.2) is 41.3 Å². The van der Waals surface area contributed by atoms with Crippen LogP contribution >= 0.6 is 0 Å². The molecule has 114 valence electrons. The number of aromatic nitrogens is 2. The molecule has 0 bridgehead atoms. The third-order valence-corrected chi connectivity index (χ3v) is 2.32. The Kier molecular flexibility index (Phi) is 5.19. The molecule has 0 saturated heterocycles. The fraction of sp³-hybridized carbons (Fsp3) is 0.154. The number of rotatable bonds is 6. The van der Waals surface area contributed by atoms with E-state index < -0.39 is 24.4 Å². The number of anilines is 1. The smallest absolute Gasteiger partial charge is 0.325 e. The Morgan fingerprint density at radius 3 is 2.64 bits per heavy atom. The van der Waals surface area contributed by atoms with Crippen molar-refractivity contribution >= 4 is 23.7 Å². The summed E-state index contributed by atoms with van der Waals surface area (Å²) in [4.78, 5) is 41.9. The van der Waals surface area contributed by atoms with Gasteiger partial charge >= 0.3 is 5.97 Å². The first kappa shape index (κ1) is 15.2. The van der Waals surface area contributed by atoms with Crippen LogP contribution in [0.5, 0.6) is 0 Å². The average Bonchev–Trinajstić information content (AvgIpc) is 3.06. The molecule has 2 heterocycles. The van der Waals surface area contributed by atoms with Crippen LogP contribution in [0.25, 0.3) is 0 Å². The number of hydrogen-bond acceptors (Lipinski definition) is 7. The summed E-state index contributed by atoms with van der Waals surface area (Å²) in [7, 11) is 0. The molecular formula is C13H12N4O5. The topological polar surface area (TPSA) is 123 Å². The summed E-state index contributed by atoms with van der Waals surface area (Å²) in [5.41, 5.74) is 0. The maximum Gasteiger partial charge on any atom is 0.325 e. The number of esters is 1. The number of furan rings is 1. The maximum atomic E-state index is 11.5. The van der Waals surface area contributed by atoms with Gasteiger partial charge in [-0.25, -0.2) is 9.97 Å². The van der Waals surface area contributed by atoms with Crippen molar-refractivity contribution in [3.8, 4) is 0 Å². The first-order chi connectivity index (χ1) is 10.6. The van der Waals surface area contributed by atoms with Gasteiger partial charge in [-0.1, -0.05) is 0 Å². The molecule has 0 radical (unpaired) electrons. The van der Waals surface area contributed by atoms with Crippen LogP contribution in [-0.4, -0.2) is 40.9 Å². The van der Waals surface area contributed by atoms with Gasteiger partial charge in [0.15, 0.2) is 12.4 Å². The van der Waals surface area contributed by atoms with Crippen molar-refractivity contribution in [3.63, 3.8) is 0 Å². The van der Waals surface area contributed by atoms with Gasteiger partial charge in [0.05, 0.1) is 6.26 Å². The van der Waals surface area contributed by atoms with Gasteiger partial charge in [0.2, 0.25) is 5.95 Å². The first-order valence-corrected chi connectivity index (χ1v) is 6.19. The highest BCUT2D eigenvalue weighted by Gasteiger charge is 2.12. The molecule has 0 aliphatic carbocycles. The normalized spacial score (nSPS) is 9.82. The predicted octanol–water partition coefficient (Wildman–Crippen LogP) is -0.0187. The Morgan fingerprint density at radius 1 is 1.18 bits per heavy atom. The SMILES string of the molecule is O=C(COC(=O)CNC(=O)c1ccco1)Nc1ncccn1. The summed E-state index contributed by atoms with van der Waals surface area (Å²) >= 11 is 0. The van der Waals surface area contributed by atoms with Crippen LogP contribution in [-0.2, 0) is 14.3 Å². The van der Waals surface area contributed by atoms with Crippen LogP contribution in [0.3, 0.4) is 0 Å². The molecule has 0 aromatic carbocycles. The van der Waals surface area contributed by atoms with Gasteiger partial charge in [-0.2, -0.15) is 0 Å². The molecular weight excluding hydrogens is 292 g/mol. The van der Waals surface area contributed by atoms with Crippen molar-refractivity contribution in [1.29, 1.82) is 0 Å².